The van der Waals surface area contributed by atoms with Crippen molar-refractivity contribution in [3.8, 4) is 5.75 Å². The molecule has 1 N–H and O–H groups in total. The molecule has 2 atom stereocenters. The number of methoxy groups -OCH3 is 1. The fourth-order valence-corrected chi connectivity index (χ4v) is 3.39. The Morgan fingerprint density at radius 1 is 1.35 bits per heavy atom. The van der Waals surface area contributed by atoms with E-state index in [0.29, 0.717) is 0 Å². The van der Waals surface area contributed by atoms with E-state index in [-0.39, 0.29) is 12.0 Å². The predicted molar refractivity (Wildman–Crippen MR) is 86.0 cm³/mol. The highest BCUT2D eigenvalue weighted by molar-refractivity contribution is 5.78. The van der Waals surface area contributed by atoms with Crippen molar-refractivity contribution in [2.75, 3.05) is 12.4 Å². The van der Waals surface area contributed by atoms with Gasteiger partial charge in [-0.3, -0.25) is 0 Å². The molecule has 23 heavy (non-hydrogen) atoms. The molecule has 6 heteroatoms. The van der Waals surface area contributed by atoms with Crippen LogP contribution in [-0.4, -0.2) is 34.0 Å². The zero-order chi connectivity index (χ0) is 16.0. The van der Waals surface area contributed by atoms with Crippen LogP contribution in [-0.2, 0) is 4.79 Å². The highest BCUT2D eigenvalue weighted by atomic mass is 16.5. The number of carbonyl (C=O) groups is 1. The van der Waals surface area contributed by atoms with Crippen molar-refractivity contribution >= 4 is 17.5 Å². The van der Waals surface area contributed by atoms with Gasteiger partial charge in [-0.15, -0.1) is 0 Å². The smallest absolute Gasteiger partial charge is 0.143 e. The van der Waals surface area contributed by atoms with Crippen LogP contribution in [0, 0.1) is 6.92 Å². The molecular formula is C17H16N4O2. The first kappa shape index (κ1) is 13.8. The molecule has 0 bridgehead atoms. The first-order valence-corrected chi connectivity index (χ1v) is 7.42. The summed E-state index contributed by atoms with van der Waals surface area (Å²) in [6.07, 6.45) is 4.29. The van der Waals surface area contributed by atoms with E-state index in [1.807, 2.05) is 37.4 Å². The number of anilines is 1. The van der Waals surface area contributed by atoms with E-state index in [4.69, 9.17) is 4.74 Å². The molecule has 0 fully saturated rings. The Hall–Kier alpha value is -2.89. The zero-order valence-electron chi connectivity index (χ0n) is 12.9. The van der Waals surface area contributed by atoms with Crippen molar-refractivity contribution in [1.29, 1.82) is 0 Å². The van der Waals surface area contributed by atoms with E-state index in [9.17, 15) is 4.79 Å². The average molecular weight is 308 g/mol. The Bertz CT molecular complexity index is 903. The third kappa shape index (κ3) is 1.91. The second-order valence-corrected chi connectivity index (χ2v) is 5.63. The van der Waals surface area contributed by atoms with Gasteiger partial charge in [-0.2, -0.15) is 5.10 Å². The fraction of sp³-hybridized carbons (Fsp3) is 0.235. The Balaban J connectivity index is 1.98. The molecule has 0 saturated carbocycles. The van der Waals surface area contributed by atoms with Crippen LogP contribution in [0.15, 0.2) is 36.8 Å². The summed E-state index contributed by atoms with van der Waals surface area (Å²) < 4.78 is 7.16. The number of hydrogen-bond acceptors (Lipinski definition) is 5. The molecule has 1 aliphatic rings. The number of benzene rings is 1. The first-order valence-electron chi connectivity index (χ1n) is 7.42. The molecule has 0 radical (unpaired) electrons. The molecule has 3 aromatic rings. The molecule has 2 unspecified atom stereocenters. The minimum absolute atomic E-state index is 0.146. The van der Waals surface area contributed by atoms with Gasteiger partial charge in [-0.1, -0.05) is 18.2 Å². The van der Waals surface area contributed by atoms with Crippen LogP contribution in [0.2, 0.25) is 0 Å². The van der Waals surface area contributed by atoms with Crippen molar-refractivity contribution in [1.82, 2.24) is 14.6 Å². The quantitative estimate of drug-likeness (QED) is 0.751. The minimum atomic E-state index is -0.341. The Labute approximate surface area is 133 Å². The summed E-state index contributed by atoms with van der Waals surface area (Å²) in [6, 6.07) is 7.61. The maximum atomic E-state index is 11.6. The summed E-state index contributed by atoms with van der Waals surface area (Å²) >= 11 is 0. The van der Waals surface area contributed by atoms with Gasteiger partial charge >= 0.3 is 0 Å². The van der Waals surface area contributed by atoms with E-state index in [1.54, 1.807) is 11.6 Å². The van der Waals surface area contributed by atoms with E-state index in [0.717, 1.165) is 40.1 Å². The molecule has 4 rings (SSSR count). The molecule has 3 heterocycles. The highest BCUT2D eigenvalue weighted by Crippen LogP contribution is 2.41. The van der Waals surface area contributed by atoms with E-state index in [2.05, 4.69) is 15.4 Å². The van der Waals surface area contributed by atoms with Crippen molar-refractivity contribution in [3.05, 3.63) is 53.6 Å². The molecular weight excluding hydrogens is 292 g/mol. The monoisotopic (exact) mass is 308 g/mol. The fourth-order valence-electron chi connectivity index (χ4n) is 3.39. The maximum absolute atomic E-state index is 11.6. The van der Waals surface area contributed by atoms with Crippen molar-refractivity contribution < 1.29 is 9.53 Å². The van der Waals surface area contributed by atoms with Crippen LogP contribution in [0.5, 0.6) is 5.75 Å². The van der Waals surface area contributed by atoms with Gasteiger partial charge in [-0.05, 0) is 18.6 Å². The van der Waals surface area contributed by atoms with E-state index < -0.39 is 0 Å². The topological polar surface area (TPSA) is 68.5 Å². The molecule has 0 saturated heterocycles. The molecule has 1 aliphatic heterocycles. The summed E-state index contributed by atoms with van der Waals surface area (Å²) in [5.41, 5.74) is 4.74. The number of aldehydes is 1. The maximum Gasteiger partial charge on any atom is 0.143 e. The minimum Gasteiger partial charge on any atom is -0.495 e. The summed E-state index contributed by atoms with van der Waals surface area (Å²) in [4.78, 5) is 16.1. The van der Waals surface area contributed by atoms with Gasteiger partial charge in [0.25, 0.3) is 0 Å². The number of nitrogens with one attached hydrogen (secondary N) is 1. The number of hydrogen-bond donors (Lipinski definition) is 1. The number of ether oxygens (including phenoxy) is 1. The van der Waals surface area contributed by atoms with Crippen LogP contribution < -0.4 is 10.1 Å². The van der Waals surface area contributed by atoms with E-state index in [1.165, 1.54) is 6.33 Å². The van der Waals surface area contributed by atoms with Crippen LogP contribution in [0.3, 0.4) is 0 Å². The standard InChI is InChI=1S/C17H16N4O2/c1-10-14(23-2)7-21-17(10)16(18-9-19-21)15-11-5-3-4-6-12(11)20-13(15)8-22/h3-9,13,15,20H,1-2H3. The molecule has 0 spiro atoms. The molecule has 6 nitrogen and oxygen atoms in total. The van der Waals surface area contributed by atoms with Gasteiger partial charge in [0.05, 0.1) is 36.5 Å². The summed E-state index contributed by atoms with van der Waals surface area (Å²) in [6.45, 7) is 1.98. The lowest BCUT2D eigenvalue weighted by Gasteiger charge is -2.16. The van der Waals surface area contributed by atoms with Gasteiger partial charge in [0.1, 0.15) is 18.4 Å². The second kappa shape index (κ2) is 5.08. The summed E-state index contributed by atoms with van der Waals surface area (Å²) in [7, 11) is 1.63. The Morgan fingerprint density at radius 2 is 2.17 bits per heavy atom. The SMILES string of the molecule is COc1cn2ncnc(C3c4ccccc4NC3C=O)c2c1C. The number of nitrogens with zero attached hydrogens (tertiary/aromatic N) is 3. The van der Waals surface area contributed by atoms with Crippen LogP contribution in [0.1, 0.15) is 22.7 Å². The highest BCUT2D eigenvalue weighted by Gasteiger charge is 2.36. The number of para-hydroxylation sites is 1. The second-order valence-electron chi connectivity index (χ2n) is 5.63. The lowest BCUT2D eigenvalue weighted by Crippen LogP contribution is -2.24. The van der Waals surface area contributed by atoms with Crippen molar-refractivity contribution in [2.45, 2.75) is 18.9 Å². The third-order valence-electron chi connectivity index (χ3n) is 4.45. The summed E-state index contributed by atoms with van der Waals surface area (Å²) in [5, 5.41) is 7.54. The van der Waals surface area contributed by atoms with Gasteiger partial charge in [0.2, 0.25) is 0 Å². The van der Waals surface area contributed by atoms with E-state index >= 15 is 0 Å². The number of aromatic nitrogens is 3. The Morgan fingerprint density at radius 3 is 2.96 bits per heavy atom. The van der Waals surface area contributed by atoms with Crippen LogP contribution in [0.25, 0.3) is 5.52 Å². The molecule has 116 valence electrons. The lowest BCUT2D eigenvalue weighted by atomic mass is 9.91. The third-order valence-corrected chi connectivity index (χ3v) is 4.45. The van der Waals surface area contributed by atoms with Crippen LogP contribution in [0.4, 0.5) is 5.69 Å². The molecule has 1 aromatic carbocycles. The average Bonchev–Trinajstić information content (AvgIpc) is 3.12. The molecule has 0 amide bonds. The molecule has 0 aliphatic carbocycles. The Kier molecular flexibility index (Phi) is 3.04. The van der Waals surface area contributed by atoms with Crippen LogP contribution >= 0.6 is 0 Å². The normalized spacial score (nSPS) is 19.4. The van der Waals surface area contributed by atoms with Gasteiger partial charge < -0.3 is 14.8 Å². The first-order chi connectivity index (χ1) is 11.2. The lowest BCUT2D eigenvalue weighted by molar-refractivity contribution is -0.108. The van der Waals surface area contributed by atoms with Gasteiger partial charge in [0.15, 0.2) is 0 Å². The van der Waals surface area contributed by atoms with Crippen molar-refractivity contribution in [2.24, 2.45) is 0 Å². The van der Waals surface area contributed by atoms with Crippen molar-refractivity contribution in [3.63, 3.8) is 0 Å². The largest absolute Gasteiger partial charge is 0.495 e. The number of rotatable bonds is 3. The van der Waals surface area contributed by atoms with Gasteiger partial charge in [0, 0.05) is 11.3 Å². The summed E-state index contributed by atoms with van der Waals surface area (Å²) in [5.74, 6) is 0.612. The number of aryl methyl sites for hydroxylation is 1. The van der Waals surface area contributed by atoms with Gasteiger partial charge in [-0.25, -0.2) is 9.50 Å². The zero-order valence-corrected chi connectivity index (χ0v) is 12.9. The number of carbonyl (C=O) groups excluding carboxylic acids is 1. The number of fused-ring (bicyclic) bond motifs is 2. The predicted octanol–water partition coefficient (Wildman–Crippen LogP) is 2.17. The molecule has 2 aromatic heterocycles.